The van der Waals surface area contributed by atoms with E-state index in [4.69, 9.17) is 9.47 Å². The summed E-state index contributed by atoms with van der Waals surface area (Å²) >= 11 is 0. The molecule has 3 aromatic rings. The van der Waals surface area contributed by atoms with Crippen LogP contribution in [0.2, 0.25) is 0 Å². The van der Waals surface area contributed by atoms with Gasteiger partial charge in [0.2, 0.25) is 5.91 Å². The number of carbonyl (C=O) groups is 3. The van der Waals surface area contributed by atoms with E-state index in [1.807, 2.05) is 36.4 Å². The van der Waals surface area contributed by atoms with E-state index in [1.165, 1.54) is 12.1 Å². The fourth-order valence-corrected chi connectivity index (χ4v) is 3.21. The van der Waals surface area contributed by atoms with Gasteiger partial charge >= 0.3 is 11.9 Å². The Hall–Kier alpha value is -4.33. The lowest BCUT2D eigenvalue weighted by atomic mass is 10.1. The van der Waals surface area contributed by atoms with Crippen molar-refractivity contribution >= 4 is 23.5 Å². The third-order valence-electron chi connectivity index (χ3n) is 4.84. The summed E-state index contributed by atoms with van der Waals surface area (Å²) in [5.41, 5.74) is 0.304. The van der Waals surface area contributed by atoms with Gasteiger partial charge in [-0.25, -0.2) is 9.59 Å². The second kappa shape index (κ2) is 12.1. The normalized spacial score (nSPS) is 10.4. The van der Waals surface area contributed by atoms with Gasteiger partial charge in [0.15, 0.2) is 0 Å². The van der Waals surface area contributed by atoms with Crippen molar-refractivity contribution in [2.45, 2.75) is 19.3 Å². The van der Waals surface area contributed by atoms with Crippen molar-refractivity contribution in [1.29, 1.82) is 0 Å². The van der Waals surface area contributed by atoms with Crippen molar-refractivity contribution < 1.29 is 34.1 Å². The van der Waals surface area contributed by atoms with Crippen molar-refractivity contribution in [3.63, 3.8) is 0 Å². The molecule has 8 nitrogen and oxygen atoms in total. The molecule has 0 aliphatic heterocycles. The predicted octanol–water partition coefficient (Wildman–Crippen LogP) is 4.50. The quantitative estimate of drug-likeness (QED) is 0.338. The maximum absolute atomic E-state index is 12.6. The number of ether oxygens (including phenoxy) is 2. The molecule has 0 unspecified atom stereocenters. The van der Waals surface area contributed by atoms with Crippen LogP contribution in [0, 0.1) is 0 Å². The monoisotopic (exact) mass is 463 g/mol. The van der Waals surface area contributed by atoms with E-state index in [9.17, 15) is 24.6 Å². The van der Waals surface area contributed by atoms with Gasteiger partial charge in [0.25, 0.3) is 0 Å². The smallest absolute Gasteiger partial charge is 0.335 e. The fraction of sp³-hybridized carbons (Fsp3) is 0.192. The number of aromatic carboxylic acids is 2. The van der Waals surface area contributed by atoms with Crippen molar-refractivity contribution in [2.75, 3.05) is 18.5 Å². The minimum atomic E-state index is -1.29. The zero-order chi connectivity index (χ0) is 24.3. The number of para-hydroxylation sites is 2. The third kappa shape index (κ3) is 7.37. The zero-order valence-corrected chi connectivity index (χ0v) is 18.4. The van der Waals surface area contributed by atoms with Gasteiger partial charge in [-0.05, 0) is 49.2 Å². The van der Waals surface area contributed by atoms with Crippen molar-refractivity contribution in [2.24, 2.45) is 0 Å². The molecule has 8 heteroatoms. The molecule has 0 spiro atoms. The lowest BCUT2D eigenvalue weighted by Gasteiger charge is -2.12. The number of rotatable bonds is 12. The minimum Gasteiger partial charge on any atom is -0.494 e. The highest BCUT2D eigenvalue weighted by atomic mass is 16.5. The van der Waals surface area contributed by atoms with Gasteiger partial charge in [-0.2, -0.15) is 0 Å². The Morgan fingerprint density at radius 2 is 1.32 bits per heavy atom. The van der Waals surface area contributed by atoms with Gasteiger partial charge in [0.05, 0.1) is 30.8 Å². The van der Waals surface area contributed by atoms with Crippen LogP contribution in [0.4, 0.5) is 5.69 Å². The van der Waals surface area contributed by atoms with Crippen LogP contribution < -0.4 is 14.8 Å². The predicted molar refractivity (Wildman–Crippen MR) is 126 cm³/mol. The SMILES string of the molecule is O=C(Cc1ccccc1OCCCCOc1ccccc1)Nc1cc(C(=O)O)cc(C(=O)O)c1. The largest absolute Gasteiger partial charge is 0.494 e. The third-order valence-corrected chi connectivity index (χ3v) is 4.84. The molecule has 0 radical (unpaired) electrons. The number of carboxylic acids is 2. The molecular formula is C26H25NO7. The molecule has 3 rings (SSSR count). The van der Waals surface area contributed by atoms with E-state index >= 15 is 0 Å². The average Bonchev–Trinajstić information content (AvgIpc) is 2.82. The highest BCUT2D eigenvalue weighted by molar-refractivity contribution is 5.99. The molecule has 176 valence electrons. The van der Waals surface area contributed by atoms with Gasteiger partial charge < -0.3 is 25.0 Å². The summed E-state index contributed by atoms with van der Waals surface area (Å²) in [4.78, 5) is 35.1. The van der Waals surface area contributed by atoms with Gasteiger partial charge in [-0.3, -0.25) is 4.79 Å². The summed E-state index contributed by atoms with van der Waals surface area (Å²) in [7, 11) is 0. The molecule has 1 amide bonds. The lowest BCUT2D eigenvalue weighted by Crippen LogP contribution is -2.16. The second-order valence-corrected chi connectivity index (χ2v) is 7.46. The molecular weight excluding hydrogens is 438 g/mol. The topological polar surface area (TPSA) is 122 Å². The Labute approximate surface area is 196 Å². The summed E-state index contributed by atoms with van der Waals surface area (Å²) in [5, 5.41) is 20.9. The first-order chi connectivity index (χ1) is 16.4. The number of anilines is 1. The minimum absolute atomic E-state index is 0.0208. The molecule has 3 aromatic carbocycles. The number of unbranched alkanes of at least 4 members (excludes halogenated alkanes) is 1. The summed E-state index contributed by atoms with van der Waals surface area (Å²) in [5.74, 6) is -1.60. The summed E-state index contributed by atoms with van der Waals surface area (Å²) in [6.07, 6.45) is 1.56. The number of nitrogens with one attached hydrogen (secondary N) is 1. The van der Waals surface area contributed by atoms with Crippen molar-refractivity contribution in [1.82, 2.24) is 0 Å². The standard InChI is InChI=1S/C26H25NO7/c28-24(27-21-15-19(25(29)30)14-20(16-21)26(31)32)17-18-8-4-5-11-23(18)34-13-7-6-12-33-22-9-2-1-3-10-22/h1-5,8-11,14-16H,6-7,12-13,17H2,(H,27,28)(H,29,30)(H,31,32). The zero-order valence-electron chi connectivity index (χ0n) is 18.4. The van der Waals surface area contributed by atoms with E-state index in [0.717, 1.165) is 24.7 Å². The molecule has 34 heavy (non-hydrogen) atoms. The Bertz CT molecular complexity index is 1110. The number of hydrogen-bond acceptors (Lipinski definition) is 5. The maximum atomic E-state index is 12.6. The number of carboxylic acid groups (broad SMARTS) is 2. The van der Waals surface area contributed by atoms with Crippen LogP contribution in [0.1, 0.15) is 39.1 Å². The molecule has 0 saturated heterocycles. The summed E-state index contributed by atoms with van der Waals surface area (Å²) in [6, 6.07) is 20.2. The first kappa shape index (κ1) is 24.3. The fourth-order valence-electron chi connectivity index (χ4n) is 3.21. The van der Waals surface area contributed by atoms with Crippen LogP contribution in [0.15, 0.2) is 72.8 Å². The summed E-state index contributed by atoms with van der Waals surface area (Å²) < 4.78 is 11.5. The first-order valence-corrected chi connectivity index (χ1v) is 10.7. The maximum Gasteiger partial charge on any atom is 0.335 e. The number of carbonyl (C=O) groups excluding carboxylic acids is 1. The molecule has 0 aliphatic rings. The van der Waals surface area contributed by atoms with E-state index < -0.39 is 17.8 Å². The van der Waals surface area contributed by atoms with Crippen LogP contribution in [-0.2, 0) is 11.2 Å². The van der Waals surface area contributed by atoms with E-state index in [-0.39, 0.29) is 23.2 Å². The second-order valence-electron chi connectivity index (χ2n) is 7.46. The van der Waals surface area contributed by atoms with Crippen molar-refractivity contribution in [3.8, 4) is 11.5 Å². The highest BCUT2D eigenvalue weighted by Crippen LogP contribution is 2.21. The molecule has 0 atom stereocenters. The van der Waals surface area contributed by atoms with Gasteiger partial charge in [-0.1, -0.05) is 36.4 Å². The highest BCUT2D eigenvalue weighted by Gasteiger charge is 2.14. The Morgan fingerprint density at radius 3 is 1.97 bits per heavy atom. The van der Waals surface area contributed by atoms with Crippen LogP contribution in [-0.4, -0.2) is 41.3 Å². The molecule has 0 saturated carbocycles. The number of hydrogen-bond donors (Lipinski definition) is 3. The lowest BCUT2D eigenvalue weighted by molar-refractivity contribution is -0.115. The van der Waals surface area contributed by atoms with E-state index in [0.29, 0.717) is 24.5 Å². The molecule has 0 aliphatic carbocycles. The summed E-state index contributed by atoms with van der Waals surface area (Å²) in [6.45, 7) is 1.03. The van der Waals surface area contributed by atoms with Gasteiger partial charge in [-0.15, -0.1) is 0 Å². The molecule has 0 heterocycles. The van der Waals surface area contributed by atoms with Gasteiger partial charge in [0, 0.05) is 11.3 Å². The Kier molecular flexibility index (Phi) is 8.62. The molecule has 0 bridgehead atoms. The molecule has 3 N–H and O–H groups in total. The van der Waals surface area contributed by atoms with Crippen molar-refractivity contribution in [3.05, 3.63) is 89.5 Å². The Morgan fingerprint density at radius 1 is 0.735 bits per heavy atom. The number of benzene rings is 3. The van der Waals surface area contributed by atoms with Crippen LogP contribution in [0.25, 0.3) is 0 Å². The van der Waals surface area contributed by atoms with E-state index in [2.05, 4.69) is 5.32 Å². The average molecular weight is 463 g/mol. The van der Waals surface area contributed by atoms with E-state index in [1.54, 1.807) is 18.2 Å². The van der Waals surface area contributed by atoms with Crippen LogP contribution >= 0.6 is 0 Å². The van der Waals surface area contributed by atoms with Gasteiger partial charge in [0.1, 0.15) is 11.5 Å². The first-order valence-electron chi connectivity index (χ1n) is 10.7. The number of amides is 1. The Balaban J connectivity index is 1.52. The van der Waals surface area contributed by atoms with Crippen LogP contribution in [0.5, 0.6) is 11.5 Å². The van der Waals surface area contributed by atoms with Crippen LogP contribution in [0.3, 0.4) is 0 Å². The molecule has 0 aromatic heterocycles. The molecule has 0 fully saturated rings.